The van der Waals surface area contributed by atoms with Gasteiger partial charge in [-0.1, -0.05) is 35.9 Å². The number of sulfonamides is 1. The van der Waals surface area contributed by atoms with E-state index in [9.17, 15) is 22.8 Å². The number of nitrogens with zero attached hydrogens (tertiary/aromatic N) is 2. The van der Waals surface area contributed by atoms with Gasteiger partial charge in [0.15, 0.2) is 5.58 Å². The lowest BCUT2D eigenvalue weighted by Crippen LogP contribution is -2.55. The van der Waals surface area contributed by atoms with E-state index in [1.54, 1.807) is 48.5 Å². The van der Waals surface area contributed by atoms with Crippen molar-refractivity contribution in [3.8, 4) is 0 Å². The summed E-state index contributed by atoms with van der Waals surface area (Å²) in [6, 6.07) is 14.2. The van der Waals surface area contributed by atoms with Gasteiger partial charge >= 0.3 is 0 Å². The Labute approximate surface area is 301 Å². The molecule has 4 heterocycles. The van der Waals surface area contributed by atoms with Crippen LogP contribution in [0.3, 0.4) is 0 Å². The maximum atomic E-state index is 14.3. The summed E-state index contributed by atoms with van der Waals surface area (Å²) in [6.07, 6.45) is 4.83. The number of fused-ring (bicyclic) bond motifs is 1. The van der Waals surface area contributed by atoms with Gasteiger partial charge in [0, 0.05) is 24.4 Å². The number of aromatic nitrogens is 1. The molecule has 0 saturated carbocycles. The number of ketones is 1. The number of nitrogens with one attached hydrogen (secondary N) is 3. The Morgan fingerprint density at radius 1 is 1.06 bits per heavy atom. The van der Waals surface area contributed by atoms with Crippen LogP contribution >= 0.6 is 11.6 Å². The summed E-state index contributed by atoms with van der Waals surface area (Å²) in [5, 5.41) is 6.74. The van der Waals surface area contributed by atoms with Crippen LogP contribution in [0, 0.1) is 5.92 Å². The third kappa shape index (κ3) is 9.83. The van der Waals surface area contributed by atoms with Crippen LogP contribution in [0.25, 0.3) is 11.1 Å². The van der Waals surface area contributed by atoms with E-state index in [4.69, 9.17) is 25.2 Å². The molecule has 4 aromatic rings. The van der Waals surface area contributed by atoms with Gasteiger partial charge in [-0.25, -0.2) is 18.1 Å². The Kier molecular flexibility index (Phi) is 11.9. The number of piperidine rings is 1. The summed E-state index contributed by atoms with van der Waals surface area (Å²) in [6.45, 7) is 1.98. The molecule has 2 aliphatic rings. The fraction of sp³-hybridized carbons (Fsp3) is 0.444. The van der Waals surface area contributed by atoms with Crippen molar-refractivity contribution in [1.82, 2.24) is 25.2 Å². The largest absolute Gasteiger partial charge is 0.469 e. The number of amides is 2. The average molecular weight is 740 g/mol. The molecular weight excluding hydrogens is 698 g/mol. The Morgan fingerprint density at radius 2 is 1.82 bits per heavy atom. The highest BCUT2D eigenvalue weighted by Crippen LogP contribution is 2.27. The highest BCUT2D eigenvalue weighted by atomic mass is 35.5. The van der Waals surface area contributed by atoms with Gasteiger partial charge in [0.2, 0.25) is 27.6 Å². The second-order valence-corrected chi connectivity index (χ2v) is 15.4. The van der Waals surface area contributed by atoms with Crippen LogP contribution in [0.5, 0.6) is 0 Å². The van der Waals surface area contributed by atoms with Gasteiger partial charge in [-0.05, 0) is 86.7 Å². The zero-order valence-corrected chi connectivity index (χ0v) is 29.8. The van der Waals surface area contributed by atoms with Crippen LogP contribution < -0.4 is 15.4 Å². The molecule has 13 nitrogen and oxygen atoms in total. The third-order valence-corrected chi connectivity index (χ3v) is 10.3. The molecule has 3 N–H and O–H groups in total. The van der Waals surface area contributed by atoms with E-state index in [1.807, 2.05) is 12.1 Å². The number of carbonyl (C=O) groups excluding carboxylic acids is 3. The minimum absolute atomic E-state index is 0.00195. The van der Waals surface area contributed by atoms with Crippen molar-refractivity contribution in [1.29, 1.82) is 0 Å². The summed E-state index contributed by atoms with van der Waals surface area (Å²) in [4.78, 5) is 48.1. The number of furan rings is 1. The predicted octanol–water partition coefficient (Wildman–Crippen LogP) is 3.87. The molecule has 2 saturated heterocycles. The number of Topliss-reactive ketones (excluding diaryl/α,β-unsaturated/α-hetero) is 1. The second kappa shape index (κ2) is 16.5. The molecule has 15 heteroatoms. The van der Waals surface area contributed by atoms with E-state index in [0.29, 0.717) is 34.2 Å². The lowest BCUT2D eigenvalue weighted by molar-refractivity contribution is -0.140. The summed E-state index contributed by atoms with van der Waals surface area (Å²) in [5.74, 6) is -1.08. The molecule has 0 bridgehead atoms. The van der Waals surface area contributed by atoms with Gasteiger partial charge in [-0.3, -0.25) is 14.4 Å². The zero-order valence-electron chi connectivity index (χ0n) is 28.3. The smallest absolute Gasteiger partial charge is 0.266 e. The van der Waals surface area contributed by atoms with Crippen LogP contribution in [-0.2, 0) is 37.4 Å². The molecule has 0 unspecified atom stereocenters. The Hall–Kier alpha value is -4.08. The number of likely N-dealkylation sites (tertiary alicyclic amines) is 1. The monoisotopic (exact) mass is 739 g/mol. The Bertz CT molecular complexity index is 1880. The van der Waals surface area contributed by atoms with E-state index >= 15 is 0 Å². The Morgan fingerprint density at radius 3 is 2.53 bits per heavy atom. The van der Waals surface area contributed by atoms with Crippen molar-refractivity contribution < 1.29 is 36.4 Å². The van der Waals surface area contributed by atoms with Crippen molar-refractivity contribution >= 4 is 50.3 Å². The molecule has 0 aliphatic carbocycles. The fourth-order valence-electron chi connectivity index (χ4n) is 6.70. The van der Waals surface area contributed by atoms with Crippen LogP contribution in [0.2, 0.25) is 5.02 Å². The minimum Gasteiger partial charge on any atom is -0.469 e. The molecule has 2 aliphatic heterocycles. The summed E-state index contributed by atoms with van der Waals surface area (Å²) >= 11 is 6.04. The van der Waals surface area contributed by atoms with Gasteiger partial charge in [0.1, 0.15) is 29.4 Å². The van der Waals surface area contributed by atoms with Gasteiger partial charge in [0.05, 0.1) is 25.2 Å². The number of carbonyl (C=O) groups is 3. The van der Waals surface area contributed by atoms with Gasteiger partial charge in [-0.15, -0.1) is 0 Å². The first kappa shape index (κ1) is 36.7. The molecule has 51 heavy (non-hydrogen) atoms. The number of oxazole rings is 1. The van der Waals surface area contributed by atoms with Crippen LogP contribution in [0.4, 0.5) is 0 Å². The molecule has 4 atom stereocenters. The molecule has 2 aromatic heterocycles. The van der Waals surface area contributed by atoms with E-state index in [2.05, 4.69) is 20.3 Å². The maximum Gasteiger partial charge on any atom is 0.266 e. The first-order chi connectivity index (χ1) is 24.5. The first-order valence-electron chi connectivity index (χ1n) is 17.1. The second-order valence-electron chi connectivity index (χ2n) is 13.2. The number of ether oxygens (including phenoxy) is 1. The summed E-state index contributed by atoms with van der Waals surface area (Å²) in [7, 11) is -3.78. The van der Waals surface area contributed by atoms with Crippen molar-refractivity contribution in [2.24, 2.45) is 5.92 Å². The number of hydrogen-bond acceptors (Lipinski definition) is 10. The average Bonchev–Trinajstić information content (AvgIpc) is 3.89. The molecule has 2 fully saturated rings. The number of halogens is 1. The van der Waals surface area contributed by atoms with Crippen molar-refractivity contribution in [3.63, 3.8) is 0 Å². The number of benzene rings is 2. The normalized spacial score (nSPS) is 19.6. The minimum atomic E-state index is -3.78. The topological polar surface area (TPSA) is 173 Å². The standard InChI is InChI=1S/C36H42ClN5O8S/c1-51(46,47)41-29(13-10-23-14-16-38-17-15-23)36(45)42-21-27(49-22-24-8-11-25(37)12-9-24)20-31(42)34(44)39-30(19-26-5-4-18-48-26)33(43)35-40-28-6-2-3-7-32(28)50-35/h2-9,11-12,18,23,27,29-31,38,41H,10,13-17,19-22H2,1H3,(H,39,44)/t27-,29-,30+,31+/m1/s1. The van der Waals surface area contributed by atoms with Crippen LogP contribution in [0.15, 0.2) is 75.8 Å². The molecule has 6 rings (SSSR count). The van der Waals surface area contributed by atoms with Crippen LogP contribution in [0.1, 0.15) is 54.1 Å². The predicted molar refractivity (Wildman–Crippen MR) is 189 cm³/mol. The van der Waals surface area contributed by atoms with E-state index in [0.717, 1.165) is 37.8 Å². The quantitative estimate of drug-likeness (QED) is 0.152. The van der Waals surface area contributed by atoms with Gasteiger partial charge in [0.25, 0.3) is 5.89 Å². The summed E-state index contributed by atoms with van der Waals surface area (Å²) in [5.41, 5.74) is 1.77. The highest BCUT2D eigenvalue weighted by Gasteiger charge is 2.44. The van der Waals surface area contributed by atoms with Gasteiger partial charge < -0.3 is 29.1 Å². The summed E-state index contributed by atoms with van der Waals surface area (Å²) < 4.78 is 44.9. The molecule has 0 radical (unpaired) electrons. The number of rotatable bonds is 15. The SMILES string of the molecule is CS(=O)(=O)N[C@H](CCC1CCNCC1)C(=O)N1C[C@H](OCc2ccc(Cl)cc2)C[C@H]1C(=O)N[C@@H](Cc1ccco1)C(=O)c1nc2ccccc2o1. The lowest BCUT2D eigenvalue weighted by Gasteiger charge is -2.30. The molecule has 272 valence electrons. The number of para-hydroxylation sites is 2. The van der Waals surface area contributed by atoms with Crippen molar-refractivity contribution in [2.75, 3.05) is 25.9 Å². The van der Waals surface area contributed by atoms with Crippen LogP contribution in [-0.4, -0.2) is 86.0 Å². The number of hydrogen-bond donors (Lipinski definition) is 3. The van der Waals surface area contributed by atoms with Crippen molar-refractivity contribution in [3.05, 3.63) is 89.2 Å². The fourth-order valence-corrected chi connectivity index (χ4v) is 7.56. The van der Waals surface area contributed by atoms with Crippen molar-refractivity contribution in [2.45, 2.75) is 69.4 Å². The van der Waals surface area contributed by atoms with Gasteiger partial charge in [-0.2, -0.15) is 0 Å². The first-order valence-corrected chi connectivity index (χ1v) is 19.4. The highest BCUT2D eigenvalue weighted by molar-refractivity contribution is 7.88. The van der Waals surface area contributed by atoms with E-state index in [1.165, 1.54) is 11.2 Å². The molecule has 0 spiro atoms. The van der Waals surface area contributed by atoms with E-state index < -0.39 is 51.9 Å². The maximum absolute atomic E-state index is 14.3. The Balaban J connectivity index is 1.24. The molecule has 2 aromatic carbocycles. The zero-order chi connectivity index (χ0) is 36.0. The lowest BCUT2D eigenvalue weighted by atomic mass is 9.91. The molecule has 2 amide bonds. The third-order valence-electron chi connectivity index (χ3n) is 9.35. The molecular formula is C36H42ClN5O8S. The van der Waals surface area contributed by atoms with E-state index in [-0.39, 0.29) is 38.3 Å².